The first kappa shape index (κ1) is 14.9. The van der Waals surface area contributed by atoms with Gasteiger partial charge in [0.1, 0.15) is 16.5 Å². The normalized spacial score (nSPS) is 17.2. The molecule has 8 heteroatoms. The highest BCUT2D eigenvalue weighted by atomic mass is 32.2. The SMILES string of the molecule is CC(=O)N1CCN(S(=O)(=O)c2ccc(F)cc2F)CC1. The van der Waals surface area contributed by atoms with Crippen LogP contribution in [0.4, 0.5) is 8.78 Å². The second kappa shape index (κ2) is 5.45. The van der Waals surface area contributed by atoms with Gasteiger partial charge >= 0.3 is 0 Å². The molecule has 0 saturated carbocycles. The Morgan fingerprint density at radius 1 is 1.15 bits per heavy atom. The van der Waals surface area contributed by atoms with Gasteiger partial charge in [0.2, 0.25) is 15.9 Å². The summed E-state index contributed by atoms with van der Waals surface area (Å²) < 4.78 is 52.0. The van der Waals surface area contributed by atoms with E-state index in [4.69, 9.17) is 0 Å². The van der Waals surface area contributed by atoms with Crippen LogP contribution in [0.15, 0.2) is 23.1 Å². The summed E-state index contributed by atoms with van der Waals surface area (Å²) in [5.41, 5.74) is 0. The highest BCUT2D eigenvalue weighted by Gasteiger charge is 2.31. The summed E-state index contributed by atoms with van der Waals surface area (Å²) >= 11 is 0. The Bertz CT molecular complexity index is 626. The molecule has 110 valence electrons. The van der Waals surface area contributed by atoms with Crippen LogP contribution in [-0.2, 0) is 14.8 Å². The Labute approximate surface area is 115 Å². The quantitative estimate of drug-likeness (QED) is 0.813. The Hall–Kier alpha value is -1.54. The van der Waals surface area contributed by atoms with Crippen LogP contribution in [0.1, 0.15) is 6.92 Å². The monoisotopic (exact) mass is 304 g/mol. The lowest BCUT2D eigenvalue weighted by atomic mass is 10.3. The molecule has 0 spiro atoms. The van der Waals surface area contributed by atoms with Crippen molar-refractivity contribution in [2.75, 3.05) is 26.2 Å². The zero-order chi connectivity index (χ0) is 14.9. The summed E-state index contributed by atoms with van der Waals surface area (Å²) in [6.07, 6.45) is 0. The van der Waals surface area contributed by atoms with E-state index in [0.29, 0.717) is 6.07 Å². The summed E-state index contributed by atoms with van der Waals surface area (Å²) in [7, 11) is -4.00. The minimum Gasteiger partial charge on any atom is -0.340 e. The minimum absolute atomic E-state index is 0.0960. The third-order valence-corrected chi connectivity index (χ3v) is 5.13. The number of piperazine rings is 1. The number of hydrogen-bond acceptors (Lipinski definition) is 3. The first-order valence-electron chi connectivity index (χ1n) is 6.03. The summed E-state index contributed by atoms with van der Waals surface area (Å²) in [5, 5.41) is 0. The fraction of sp³-hybridized carbons (Fsp3) is 0.417. The molecule has 1 aromatic carbocycles. The van der Waals surface area contributed by atoms with Crippen LogP contribution in [0.3, 0.4) is 0 Å². The van der Waals surface area contributed by atoms with E-state index in [-0.39, 0.29) is 32.1 Å². The molecule has 0 bridgehead atoms. The van der Waals surface area contributed by atoms with Crippen LogP contribution >= 0.6 is 0 Å². The molecule has 0 atom stereocenters. The summed E-state index contributed by atoms with van der Waals surface area (Å²) in [6.45, 7) is 2.12. The zero-order valence-electron chi connectivity index (χ0n) is 10.8. The average molecular weight is 304 g/mol. The van der Waals surface area contributed by atoms with Gasteiger partial charge in [-0.25, -0.2) is 17.2 Å². The maximum absolute atomic E-state index is 13.6. The topological polar surface area (TPSA) is 57.7 Å². The van der Waals surface area contributed by atoms with Gasteiger partial charge in [0, 0.05) is 39.2 Å². The lowest BCUT2D eigenvalue weighted by molar-refractivity contribution is -0.129. The maximum Gasteiger partial charge on any atom is 0.246 e. The van der Waals surface area contributed by atoms with Gasteiger partial charge in [-0.3, -0.25) is 4.79 Å². The van der Waals surface area contributed by atoms with Crippen molar-refractivity contribution in [3.05, 3.63) is 29.8 Å². The van der Waals surface area contributed by atoms with Gasteiger partial charge in [-0.1, -0.05) is 0 Å². The standard InChI is InChI=1S/C12H14F2N2O3S/c1-9(17)15-4-6-16(7-5-15)20(18,19)12-3-2-10(13)8-11(12)14/h2-3,8H,4-7H2,1H3. The average Bonchev–Trinajstić information content (AvgIpc) is 2.38. The number of nitrogens with zero attached hydrogens (tertiary/aromatic N) is 2. The maximum atomic E-state index is 13.6. The predicted octanol–water partition coefficient (Wildman–Crippen LogP) is 0.818. The van der Waals surface area contributed by atoms with E-state index < -0.39 is 26.6 Å². The lowest BCUT2D eigenvalue weighted by Gasteiger charge is -2.33. The van der Waals surface area contributed by atoms with E-state index in [9.17, 15) is 22.0 Å². The molecule has 1 aliphatic heterocycles. The molecule has 0 radical (unpaired) electrons. The van der Waals surface area contributed by atoms with E-state index in [1.54, 1.807) is 0 Å². The molecule has 1 fully saturated rings. The van der Waals surface area contributed by atoms with E-state index in [0.717, 1.165) is 16.4 Å². The molecule has 20 heavy (non-hydrogen) atoms. The first-order valence-corrected chi connectivity index (χ1v) is 7.47. The molecule has 1 aromatic rings. The van der Waals surface area contributed by atoms with Crippen molar-refractivity contribution < 1.29 is 22.0 Å². The molecule has 1 saturated heterocycles. The van der Waals surface area contributed by atoms with Crippen molar-refractivity contribution >= 4 is 15.9 Å². The molecular weight excluding hydrogens is 290 g/mol. The van der Waals surface area contributed by atoms with E-state index in [1.165, 1.54) is 11.8 Å². The summed E-state index contributed by atoms with van der Waals surface area (Å²) in [5.74, 6) is -2.07. The van der Waals surface area contributed by atoms with E-state index >= 15 is 0 Å². The van der Waals surface area contributed by atoms with Crippen molar-refractivity contribution in [3.8, 4) is 0 Å². The molecule has 0 aliphatic carbocycles. The minimum atomic E-state index is -4.00. The number of amides is 1. The highest BCUT2D eigenvalue weighted by Crippen LogP contribution is 2.21. The number of carbonyl (C=O) groups is 1. The van der Waals surface area contributed by atoms with E-state index in [2.05, 4.69) is 0 Å². The van der Waals surface area contributed by atoms with Crippen molar-refractivity contribution in [1.29, 1.82) is 0 Å². The van der Waals surface area contributed by atoms with Crippen molar-refractivity contribution in [1.82, 2.24) is 9.21 Å². The fourth-order valence-electron chi connectivity index (χ4n) is 2.07. The Morgan fingerprint density at radius 3 is 2.25 bits per heavy atom. The Kier molecular flexibility index (Phi) is 4.05. The molecular formula is C12H14F2N2O3S. The van der Waals surface area contributed by atoms with Gasteiger partial charge in [-0.15, -0.1) is 0 Å². The second-order valence-electron chi connectivity index (χ2n) is 4.48. The number of halogens is 2. The number of benzene rings is 1. The van der Waals surface area contributed by atoms with Crippen LogP contribution in [-0.4, -0.2) is 49.7 Å². The third kappa shape index (κ3) is 2.80. The summed E-state index contributed by atoms with van der Waals surface area (Å²) in [6, 6.07) is 2.36. The molecule has 0 unspecified atom stereocenters. The van der Waals surface area contributed by atoms with Crippen LogP contribution in [0.5, 0.6) is 0 Å². The number of sulfonamides is 1. The molecule has 1 aliphatic rings. The molecule has 2 rings (SSSR count). The fourth-order valence-corrected chi connectivity index (χ4v) is 3.53. The van der Waals surface area contributed by atoms with Gasteiger partial charge in [0.25, 0.3) is 0 Å². The largest absolute Gasteiger partial charge is 0.340 e. The van der Waals surface area contributed by atoms with Crippen LogP contribution in [0, 0.1) is 11.6 Å². The van der Waals surface area contributed by atoms with Gasteiger partial charge in [-0.05, 0) is 12.1 Å². The second-order valence-corrected chi connectivity index (χ2v) is 6.39. The Balaban J connectivity index is 2.22. The van der Waals surface area contributed by atoms with Crippen LogP contribution in [0.25, 0.3) is 0 Å². The van der Waals surface area contributed by atoms with Crippen molar-refractivity contribution in [2.45, 2.75) is 11.8 Å². The van der Waals surface area contributed by atoms with Gasteiger partial charge in [0.15, 0.2) is 0 Å². The zero-order valence-corrected chi connectivity index (χ0v) is 11.7. The van der Waals surface area contributed by atoms with Gasteiger partial charge in [-0.2, -0.15) is 4.31 Å². The number of carbonyl (C=O) groups excluding carboxylic acids is 1. The van der Waals surface area contributed by atoms with Gasteiger partial charge < -0.3 is 4.90 Å². The lowest BCUT2D eigenvalue weighted by Crippen LogP contribution is -2.50. The predicted molar refractivity (Wildman–Crippen MR) is 67.4 cm³/mol. The van der Waals surface area contributed by atoms with E-state index in [1.807, 2.05) is 0 Å². The number of hydrogen-bond donors (Lipinski definition) is 0. The Morgan fingerprint density at radius 2 is 1.75 bits per heavy atom. The number of rotatable bonds is 2. The molecule has 5 nitrogen and oxygen atoms in total. The smallest absolute Gasteiger partial charge is 0.246 e. The molecule has 0 N–H and O–H groups in total. The molecule has 1 heterocycles. The first-order chi connectivity index (χ1) is 9.32. The highest BCUT2D eigenvalue weighted by molar-refractivity contribution is 7.89. The summed E-state index contributed by atoms with van der Waals surface area (Å²) in [4.78, 5) is 12.1. The third-order valence-electron chi connectivity index (χ3n) is 3.20. The van der Waals surface area contributed by atoms with Crippen LogP contribution < -0.4 is 0 Å². The van der Waals surface area contributed by atoms with Crippen molar-refractivity contribution in [2.24, 2.45) is 0 Å². The van der Waals surface area contributed by atoms with Crippen LogP contribution in [0.2, 0.25) is 0 Å². The molecule has 1 amide bonds. The van der Waals surface area contributed by atoms with Crippen molar-refractivity contribution in [3.63, 3.8) is 0 Å². The molecule has 0 aromatic heterocycles. The van der Waals surface area contributed by atoms with Gasteiger partial charge in [0.05, 0.1) is 0 Å².